The van der Waals surface area contributed by atoms with Crippen molar-refractivity contribution in [2.45, 2.75) is 19.8 Å². The van der Waals surface area contributed by atoms with Crippen molar-refractivity contribution in [2.24, 2.45) is 0 Å². The molecule has 0 aliphatic carbocycles. The Morgan fingerprint density at radius 1 is 1.35 bits per heavy atom. The van der Waals surface area contributed by atoms with Crippen molar-refractivity contribution in [1.82, 2.24) is 0 Å². The molecule has 1 rings (SSSR count). The number of carbonyl (C=O) groups is 2. The number of aryl methyl sites for hydroxylation is 2. The van der Waals surface area contributed by atoms with E-state index in [1.165, 1.54) is 0 Å². The molecule has 0 saturated carbocycles. The molecule has 0 aliphatic rings. The van der Waals surface area contributed by atoms with Gasteiger partial charge in [-0.2, -0.15) is 5.26 Å². The first-order chi connectivity index (χ1) is 8.01. The SMILES string of the molecule is COC(=O)C(=O)C(C#N)c1cc(C)ccc1C. The van der Waals surface area contributed by atoms with E-state index in [0.717, 1.165) is 18.2 Å². The van der Waals surface area contributed by atoms with Crippen LogP contribution < -0.4 is 0 Å². The first-order valence-electron chi connectivity index (χ1n) is 5.10. The molecule has 88 valence electrons. The zero-order valence-electron chi connectivity index (χ0n) is 9.98. The summed E-state index contributed by atoms with van der Waals surface area (Å²) in [4.78, 5) is 22.8. The summed E-state index contributed by atoms with van der Waals surface area (Å²) in [7, 11) is 1.12. The third-order valence-electron chi connectivity index (χ3n) is 2.52. The number of nitrogens with zero attached hydrogens (tertiary/aromatic N) is 1. The molecule has 0 heterocycles. The maximum Gasteiger partial charge on any atom is 0.376 e. The van der Waals surface area contributed by atoms with Gasteiger partial charge in [-0.3, -0.25) is 4.79 Å². The zero-order valence-corrected chi connectivity index (χ0v) is 9.98. The van der Waals surface area contributed by atoms with Gasteiger partial charge in [0.25, 0.3) is 5.78 Å². The molecule has 1 aromatic rings. The van der Waals surface area contributed by atoms with Gasteiger partial charge in [-0.05, 0) is 25.0 Å². The minimum atomic E-state index is -1.10. The molecule has 0 spiro atoms. The Morgan fingerprint density at radius 3 is 2.53 bits per heavy atom. The Kier molecular flexibility index (Phi) is 4.00. The smallest absolute Gasteiger partial charge is 0.376 e. The number of nitriles is 1. The highest BCUT2D eigenvalue weighted by Crippen LogP contribution is 2.22. The maximum absolute atomic E-state index is 11.7. The van der Waals surface area contributed by atoms with Crippen molar-refractivity contribution >= 4 is 11.8 Å². The van der Waals surface area contributed by atoms with Gasteiger partial charge in [0.15, 0.2) is 0 Å². The minimum Gasteiger partial charge on any atom is -0.463 e. The van der Waals surface area contributed by atoms with E-state index in [4.69, 9.17) is 5.26 Å². The summed E-state index contributed by atoms with van der Waals surface area (Å²) in [5.74, 6) is -2.91. The van der Waals surface area contributed by atoms with E-state index in [0.29, 0.717) is 5.56 Å². The average Bonchev–Trinajstić information content (AvgIpc) is 2.33. The van der Waals surface area contributed by atoms with Crippen LogP contribution >= 0.6 is 0 Å². The number of Topliss-reactive ketones (excluding diaryl/α,β-unsaturated/α-hetero) is 1. The molecule has 0 amide bonds. The fraction of sp³-hybridized carbons (Fsp3) is 0.308. The van der Waals surface area contributed by atoms with E-state index in [9.17, 15) is 9.59 Å². The van der Waals surface area contributed by atoms with Crippen LogP contribution in [0.3, 0.4) is 0 Å². The zero-order chi connectivity index (χ0) is 13.0. The van der Waals surface area contributed by atoms with Crippen LogP contribution in [0.2, 0.25) is 0 Å². The highest BCUT2D eigenvalue weighted by Gasteiger charge is 2.28. The highest BCUT2D eigenvalue weighted by atomic mass is 16.5. The molecule has 4 heteroatoms. The molecular weight excluding hydrogens is 218 g/mol. The third-order valence-corrected chi connectivity index (χ3v) is 2.52. The number of hydrogen-bond donors (Lipinski definition) is 0. The lowest BCUT2D eigenvalue weighted by atomic mass is 9.91. The lowest BCUT2D eigenvalue weighted by Crippen LogP contribution is -2.23. The predicted octanol–water partition coefficient (Wildman–Crippen LogP) is 1.65. The second-order valence-corrected chi connectivity index (χ2v) is 3.78. The number of hydrogen-bond acceptors (Lipinski definition) is 4. The molecule has 0 aliphatic heterocycles. The fourth-order valence-electron chi connectivity index (χ4n) is 1.56. The van der Waals surface area contributed by atoms with Crippen LogP contribution in [0, 0.1) is 25.2 Å². The summed E-state index contributed by atoms with van der Waals surface area (Å²) >= 11 is 0. The molecular formula is C13H13NO3. The van der Waals surface area contributed by atoms with Gasteiger partial charge in [-0.15, -0.1) is 0 Å². The van der Waals surface area contributed by atoms with Gasteiger partial charge in [-0.1, -0.05) is 23.8 Å². The number of ether oxygens (including phenoxy) is 1. The highest BCUT2D eigenvalue weighted by molar-refractivity contribution is 6.36. The largest absolute Gasteiger partial charge is 0.463 e. The molecule has 17 heavy (non-hydrogen) atoms. The van der Waals surface area contributed by atoms with E-state index in [2.05, 4.69) is 4.74 Å². The first-order valence-corrected chi connectivity index (χ1v) is 5.10. The van der Waals surface area contributed by atoms with Crippen LogP contribution in [0.15, 0.2) is 18.2 Å². The summed E-state index contributed by atoms with van der Waals surface area (Å²) < 4.78 is 4.35. The van der Waals surface area contributed by atoms with Crippen LogP contribution in [-0.2, 0) is 14.3 Å². The molecule has 0 bridgehead atoms. The van der Waals surface area contributed by atoms with Crippen molar-refractivity contribution in [1.29, 1.82) is 5.26 Å². The number of ketones is 1. The maximum atomic E-state index is 11.7. The predicted molar refractivity (Wildman–Crippen MR) is 61.3 cm³/mol. The van der Waals surface area contributed by atoms with Crippen molar-refractivity contribution in [3.8, 4) is 6.07 Å². The van der Waals surface area contributed by atoms with Crippen LogP contribution in [-0.4, -0.2) is 18.9 Å². The Hall–Kier alpha value is -2.15. The number of rotatable bonds is 3. The molecule has 0 radical (unpaired) electrons. The molecule has 0 N–H and O–H groups in total. The summed E-state index contributed by atoms with van der Waals surface area (Å²) in [5.41, 5.74) is 2.30. The Morgan fingerprint density at radius 2 is 2.00 bits per heavy atom. The van der Waals surface area contributed by atoms with Crippen LogP contribution in [0.5, 0.6) is 0 Å². The summed E-state index contributed by atoms with van der Waals surface area (Å²) in [6.07, 6.45) is 0. The van der Waals surface area contributed by atoms with Gasteiger partial charge in [-0.25, -0.2) is 4.79 Å². The van der Waals surface area contributed by atoms with Crippen LogP contribution in [0.4, 0.5) is 0 Å². The van der Waals surface area contributed by atoms with E-state index in [1.807, 2.05) is 25.1 Å². The lowest BCUT2D eigenvalue weighted by molar-refractivity contribution is -0.151. The molecule has 1 atom stereocenters. The number of methoxy groups -OCH3 is 1. The van der Waals surface area contributed by atoms with Crippen LogP contribution in [0.1, 0.15) is 22.6 Å². The molecule has 4 nitrogen and oxygen atoms in total. The normalized spacial score (nSPS) is 11.4. The van der Waals surface area contributed by atoms with Crippen LogP contribution in [0.25, 0.3) is 0 Å². The Bertz CT molecular complexity index is 500. The van der Waals surface area contributed by atoms with Gasteiger partial charge in [0.2, 0.25) is 0 Å². The van der Waals surface area contributed by atoms with E-state index in [-0.39, 0.29) is 0 Å². The van der Waals surface area contributed by atoms with E-state index in [1.54, 1.807) is 13.0 Å². The molecule has 1 unspecified atom stereocenters. The number of carbonyl (C=O) groups excluding carboxylic acids is 2. The molecule has 1 aromatic carbocycles. The quantitative estimate of drug-likeness (QED) is 0.586. The fourth-order valence-corrected chi connectivity index (χ4v) is 1.56. The van der Waals surface area contributed by atoms with Gasteiger partial charge in [0.05, 0.1) is 13.2 Å². The van der Waals surface area contributed by atoms with Crippen molar-refractivity contribution < 1.29 is 14.3 Å². The first kappa shape index (κ1) is 12.9. The molecule has 0 fully saturated rings. The van der Waals surface area contributed by atoms with E-state index >= 15 is 0 Å². The minimum absolute atomic E-state index is 0.558. The Balaban J connectivity index is 3.19. The van der Waals surface area contributed by atoms with E-state index < -0.39 is 17.7 Å². The molecule has 0 saturated heterocycles. The number of esters is 1. The second-order valence-electron chi connectivity index (χ2n) is 3.78. The summed E-state index contributed by atoms with van der Waals surface area (Å²) in [6.45, 7) is 3.66. The van der Waals surface area contributed by atoms with Crippen molar-refractivity contribution in [2.75, 3.05) is 7.11 Å². The monoisotopic (exact) mass is 231 g/mol. The topological polar surface area (TPSA) is 67.2 Å². The Labute approximate surface area is 99.8 Å². The standard InChI is InChI=1S/C13H13NO3/c1-8-4-5-9(2)10(6-8)11(7-14)12(15)13(16)17-3/h4-6,11H,1-3H3. The number of benzene rings is 1. The average molecular weight is 231 g/mol. The van der Waals surface area contributed by atoms with Gasteiger partial charge in [0.1, 0.15) is 5.92 Å². The summed E-state index contributed by atoms with van der Waals surface area (Å²) in [5, 5.41) is 9.03. The molecule has 0 aromatic heterocycles. The van der Waals surface area contributed by atoms with Gasteiger partial charge >= 0.3 is 5.97 Å². The van der Waals surface area contributed by atoms with Gasteiger partial charge < -0.3 is 4.74 Å². The van der Waals surface area contributed by atoms with Crippen molar-refractivity contribution in [3.05, 3.63) is 34.9 Å². The summed E-state index contributed by atoms with van der Waals surface area (Å²) in [6, 6.07) is 7.29. The lowest BCUT2D eigenvalue weighted by Gasteiger charge is -2.11. The second kappa shape index (κ2) is 5.26. The van der Waals surface area contributed by atoms with Gasteiger partial charge in [0, 0.05) is 0 Å². The third kappa shape index (κ3) is 2.70. The van der Waals surface area contributed by atoms with Crippen molar-refractivity contribution in [3.63, 3.8) is 0 Å².